The molecule has 1 unspecified atom stereocenters. The van der Waals surface area contributed by atoms with E-state index in [4.69, 9.17) is 0 Å². The molecule has 0 aliphatic heterocycles. The Balaban J connectivity index is 3.58. The number of hydrogen-bond acceptors (Lipinski definition) is 0. The lowest BCUT2D eigenvalue weighted by atomic mass is 9.99. The van der Waals surface area contributed by atoms with Crippen LogP contribution >= 0.6 is 0 Å². The molecule has 0 bridgehead atoms. The van der Waals surface area contributed by atoms with Gasteiger partial charge in [0.25, 0.3) is 0 Å². The summed E-state index contributed by atoms with van der Waals surface area (Å²) in [5, 5.41) is 0. The topological polar surface area (TPSA) is 0 Å². The van der Waals surface area contributed by atoms with Crippen molar-refractivity contribution in [1.82, 2.24) is 0 Å². The molecule has 0 aliphatic carbocycles. The SMILES string of the molecule is C=CCC(=C)CC(C)C=CCCCCC. The zero-order chi connectivity index (χ0) is 11.5. The van der Waals surface area contributed by atoms with Crippen LogP contribution in [0, 0.1) is 5.92 Å². The van der Waals surface area contributed by atoms with E-state index < -0.39 is 0 Å². The first-order chi connectivity index (χ1) is 7.20. The van der Waals surface area contributed by atoms with Crippen LogP contribution in [-0.2, 0) is 0 Å². The Morgan fingerprint density at radius 3 is 2.67 bits per heavy atom. The highest BCUT2D eigenvalue weighted by Gasteiger charge is 1.98. The van der Waals surface area contributed by atoms with Gasteiger partial charge < -0.3 is 0 Å². The van der Waals surface area contributed by atoms with Crippen molar-refractivity contribution in [2.24, 2.45) is 5.92 Å². The molecule has 0 heteroatoms. The van der Waals surface area contributed by atoms with Crippen molar-refractivity contribution in [3.05, 3.63) is 37.0 Å². The van der Waals surface area contributed by atoms with E-state index in [9.17, 15) is 0 Å². The highest BCUT2D eigenvalue weighted by molar-refractivity contribution is 5.03. The minimum atomic E-state index is 0.624. The lowest BCUT2D eigenvalue weighted by Gasteiger charge is -2.07. The number of allylic oxidation sites excluding steroid dienone is 4. The molecule has 0 saturated carbocycles. The van der Waals surface area contributed by atoms with E-state index in [0.717, 1.165) is 12.8 Å². The first-order valence-electron chi connectivity index (χ1n) is 6.14. The maximum atomic E-state index is 4.04. The molecule has 1 atom stereocenters. The zero-order valence-corrected chi connectivity index (χ0v) is 10.5. The van der Waals surface area contributed by atoms with E-state index in [2.05, 4.69) is 39.2 Å². The predicted molar refractivity (Wildman–Crippen MR) is 71.0 cm³/mol. The Kier molecular flexibility index (Phi) is 9.26. The second kappa shape index (κ2) is 9.76. The Morgan fingerprint density at radius 2 is 2.07 bits per heavy atom. The van der Waals surface area contributed by atoms with Crippen molar-refractivity contribution >= 4 is 0 Å². The molecule has 0 aromatic heterocycles. The van der Waals surface area contributed by atoms with Gasteiger partial charge in [-0.05, 0) is 31.6 Å². The van der Waals surface area contributed by atoms with Gasteiger partial charge in [-0.3, -0.25) is 0 Å². The number of unbranched alkanes of at least 4 members (excludes halogenated alkanes) is 3. The predicted octanol–water partition coefficient (Wildman–Crippen LogP) is 5.28. The van der Waals surface area contributed by atoms with E-state index in [1.54, 1.807) is 0 Å². The van der Waals surface area contributed by atoms with Crippen LogP contribution in [-0.4, -0.2) is 0 Å². The number of hydrogen-bond donors (Lipinski definition) is 0. The number of rotatable bonds is 9. The third-order valence-corrected chi connectivity index (χ3v) is 2.48. The van der Waals surface area contributed by atoms with Crippen molar-refractivity contribution in [3.8, 4) is 0 Å². The van der Waals surface area contributed by atoms with Gasteiger partial charge in [0.05, 0.1) is 0 Å². The highest BCUT2D eigenvalue weighted by Crippen LogP contribution is 2.14. The first-order valence-corrected chi connectivity index (χ1v) is 6.14. The fourth-order valence-corrected chi connectivity index (χ4v) is 1.65. The van der Waals surface area contributed by atoms with Crippen molar-refractivity contribution < 1.29 is 0 Å². The molecule has 0 fully saturated rings. The van der Waals surface area contributed by atoms with E-state index in [-0.39, 0.29) is 0 Å². The summed E-state index contributed by atoms with van der Waals surface area (Å²) in [6.45, 7) is 12.3. The lowest BCUT2D eigenvalue weighted by Crippen LogP contribution is -1.91. The molecule has 15 heavy (non-hydrogen) atoms. The maximum Gasteiger partial charge on any atom is -0.0144 e. The highest BCUT2D eigenvalue weighted by atomic mass is 14.0. The van der Waals surface area contributed by atoms with E-state index >= 15 is 0 Å². The van der Waals surface area contributed by atoms with E-state index in [1.807, 2.05) is 6.08 Å². The minimum Gasteiger partial charge on any atom is -0.103 e. The molecule has 0 aromatic rings. The summed E-state index contributed by atoms with van der Waals surface area (Å²) >= 11 is 0. The molecule has 0 nitrogen and oxygen atoms in total. The van der Waals surface area contributed by atoms with E-state index in [1.165, 1.54) is 31.3 Å². The molecule has 0 heterocycles. The third-order valence-electron chi connectivity index (χ3n) is 2.48. The van der Waals surface area contributed by atoms with Crippen LogP contribution in [0.25, 0.3) is 0 Å². The molecule has 86 valence electrons. The maximum absolute atomic E-state index is 4.04. The quantitative estimate of drug-likeness (QED) is 0.355. The summed E-state index contributed by atoms with van der Waals surface area (Å²) in [6, 6.07) is 0. The second-order valence-corrected chi connectivity index (χ2v) is 4.35. The molecule has 0 aliphatic rings. The Bertz CT molecular complexity index is 198. The summed E-state index contributed by atoms with van der Waals surface area (Å²) in [5.41, 5.74) is 1.29. The summed E-state index contributed by atoms with van der Waals surface area (Å²) in [6.07, 6.45) is 13.8. The van der Waals surface area contributed by atoms with Gasteiger partial charge in [-0.15, -0.1) is 6.58 Å². The Hall–Kier alpha value is -0.780. The van der Waals surface area contributed by atoms with Gasteiger partial charge in [-0.2, -0.15) is 0 Å². The van der Waals surface area contributed by atoms with Crippen LogP contribution in [0.15, 0.2) is 37.0 Å². The summed E-state index contributed by atoms with van der Waals surface area (Å²) in [7, 11) is 0. The van der Waals surface area contributed by atoms with Crippen molar-refractivity contribution in [1.29, 1.82) is 0 Å². The average Bonchev–Trinajstić information content (AvgIpc) is 2.17. The molecular weight excluding hydrogens is 180 g/mol. The van der Waals surface area contributed by atoms with Crippen molar-refractivity contribution in [2.75, 3.05) is 0 Å². The van der Waals surface area contributed by atoms with Gasteiger partial charge in [0.2, 0.25) is 0 Å². The van der Waals surface area contributed by atoms with E-state index in [0.29, 0.717) is 5.92 Å². The molecule has 0 N–H and O–H groups in total. The summed E-state index contributed by atoms with van der Waals surface area (Å²) in [4.78, 5) is 0. The van der Waals surface area contributed by atoms with Crippen LogP contribution in [0.4, 0.5) is 0 Å². The van der Waals surface area contributed by atoms with Crippen molar-refractivity contribution in [3.63, 3.8) is 0 Å². The van der Waals surface area contributed by atoms with Crippen LogP contribution in [0.5, 0.6) is 0 Å². The van der Waals surface area contributed by atoms with Gasteiger partial charge in [0, 0.05) is 0 Å². The zero-order valence-electron chi connectivity index (χ0n) is 10.5. The largest absolute Gasteiger partial charge is 0.103 e. The summed E-state index contributed by atoms with van der Waals surface area (Å²) < 4.78 is 0. The van der Waals surface area contributed by atoms with Gasteiger partial charge in [0.15, 0.2) is 0 Å². The molecule has 0 amide bonds. The molecule has 0 aromatic carbocycles. The Morgan fingerprint density at radius 1 is 1.33 bits per heavy atom. The monoisotopic (exact) mass is 206 g/mol. The molecule has 0 spiro atoms. The lowest BCUT2D eigenvalue weighted by molar-refractivity contribution is 0.693. The summed E-state index contributed by atoms with van der Waals surface area (Å²) in [5.74, 6) is 0.624. The normalized spacial score (nSPS) is 12.9. The fraction of sp³-hybridized carbons (Fsp3) is 0.600. The van der Waals surface area contributed by atoms with Crippen LogP contribution in [0.3, 0.4) is 0 Å². The standard InChI is InChI=1S/C15H26/c1-5-7-8-9-10-12-15(4)13-14(3)11-6-2/h6,10,12,15H,2-3,5,7-9,11,13H2,1,4H3. The Labute approximate surface area is 95.8 Å². The average molecular weight is 206 g/mol. The minimum absolute atomic E-state index is 0.624. The van der Waals surface area contributed by atoms with Gasteiger partial charge >= 0.3 is 0 Å². The smallest absolute Gasteiger partial charge is 0.0144 e. The third kappa shape index (κ3) is 9.52. The fourth-order valence-electron chi connectivity index (χ4n) is 1.65. The van der Waals surface area contributed by atoms with Crippen molar-refractivity contribution in [2.45, 2.75) is 52.4 Å². The van der Waals surface area contributed by atoms with Gasteiger partial charge in [0.1, 0.15) is 0 Å². The molecular formula is C15H26. The first kappa shape index (κ1) is 14.2. The van der Waals surface area contributed by atoms with Gasteiger partial charge in [-0.1, -0.05) is 57.1 Å². The van der Waals surface area contributed by atoms with Crippen LogP contribution in [0.1, 0.15) is 52.4 Å². The van der Waals surface area contributed by atoms with Crippen LogP contribution < -0.4 is 0 Å². The molecule has 0 radical (unpaired) electrons. The van der Waals surface area contributed by atoms with Gasteiger partial charge in [-0.25, -0.2) is 0 Å². The van der Waals surface area contributed by atoms with Crippen LogP contribution in [0.2, 0.25) is 0 Å². The molecule has 0 saturated heterocycles. The second-order valence-electron chi connectivity index (χ2n) is 4.35. The molecule has 0 rings (SSSR count).